The highest BCUT2D eigenvalue weighted by Crippen LogP contribution is 2.22. The Bertz CT molecular complexity index is 410. The molecular weight excluding hydrogens is 239 g/mol. The Balaban J connectivity index is 2.41. The van der Waals surface area contributed by atoms with Crippen LogP contribution in [0.5, 0.6) is 5.75 Å². The molecule has 0 spiro atoms. The third-order valence-electron chi connectivity index (χ3n) is 2.26. The van der Waals surface area contributed by atoms with Gasteiger partial charge in [-0.2, -0.15) is 0 Å². The van der Waals surface area contributed by atoms with Crippen LogP contribution < -0.4 is 10.1 Å². The van der Waals surface area contributed by atoms with Gasteiger partial charge in [0.1, 0.15) is 0 Å². The molecule has 0 aromatic heterocycles. The van der Waals surface area contributed by atoms with Crippen LogP contribution in [0.2, 0.25) is 0 Å². The molecule has 0 aliphatic rings. The Morgan fingerprint density at radius 2 is 2.22 bits per heavy atom. The lowest BCUT2D eigenvalue weighted by Gasteiger charge is -2.09. The summed E-state index contributed by atoms with van der Waals surface area (Å²) in [5.74, 6) is -0.661. The molecular formula is C12H17FN2O3. The number of nitro groups is 1. The van der Waals surface area contributed by atoms with E-state index in [0.717, 1.165) is 19.0 Å². The van der Waals surface area contributed by atoms with Crippen molar-refractivity contribution in [3.8, 4) is 5.75 Å². The van der Waals surface area contributed by atoms with E-state index in [1.54, 1.807) is 0 Å². The maximum atomic E-state index is 13.4. The first-order valence-corrected chi connectivity index (χ1v) is 5.81. The second kappa shape index (κ2) is 6.90. The van der Waals surface area contributed by atoms with E-state index in [9.17, 15) is 14.5 Å². The first kappa shape index (κ1) is 14.4. The van der Waals surface area contributed by atoms with Crippen molar-refractivity contribution in [2.75, 3.05) is 13.2 Å². The van der Waals surface area contributed by atoms with Crippen LogP contribution in [-0.4, -0.2) is 24.1 Å². The average Bonchev–Trinajstić information content (AvgIpc) is 2.29. The molecule has 0 saturated heterocycles. The molecule has 0 unspecified atom stereocenters. The zero-order valence-electron chi connectivity index (χ0n) is 10.5. The van der Waals surface area contributed by atoms with Crippen LogP contribution in [0.25, 0.3) is 0 Å². The molecule has 0 bridgehead atoms. The number of nitro benzene ring substituents is 1. The largest absolute Gasteiger partial charge is 0.490 e. The van der Waals surface area contributed by atoms with Crippen LogP contribution in [-0.2, 0) is 0 Å². The molecule has 0 heterocycles. The molecule has 5 nitrogen and oxygen atoms in total. The van der Waals surface area contributed by atoms with Gasteiger partial charge < -0.3 is 10.1 Å². The van der Waals surface area contributed by atoms with Crippen LogP contribution in [0.3, 0.4) is 0 Å². The zero-order valence-corrected chi connectivity index (χ0v) is 10.5. The van der Waals surface area contributed by atoms with Crippen molar-refractivity contribution in [3.63, 3.8) is 0 Å². The minimum Gasteiger partial charge on any atom is -0.490 e. The molecule has 18 heavy (non-hydrogen) atoms. The van der Waals surface area contributed by atoms with Gasteiger partial charge in [0.15, 0.2) is 11.6 Å². The Labute approximate surface area is 105 Å². The van der Waals surface area contributed by atoms with E-state index >= 15 is 0 Å². The highest BCUT2D eigenvalue weighted by Gasteiger charge is 2.11. The summed E-state index contributed by atoms with van der Waals surface area (Å²) in [5, 5.41) is 13.6. The molecule has 100 valence electrons. The number of rotatable bonds is 7. The minimum atomic E-state index is -0.707. The van der Waals surface area contributed by atoms with Crippen molar-refractivity contribution < 1.29 is 14.1 Å². The van der Waals surface area contributed by atoms with Gasteiger partial charge in [0.25, 0.3) is 5.69 Å². The van der Waals surface area contributed by atoms with Gasteiger partial charge in [-0.15, -0.1) is 0 Å². The van der Waals surface area contributed by atoms with Gasteiger partial charge in [-0.25, -0.2) is 4.39 Å². The van der Waals surface area contributed by atoms with Gasteiger partial charge in [0.05, 0.1) is 17.6 Å². The fourth-order valence-electron chi connectivity index (χ4n) is 1.37. The summed E-state index contributed by atoms with van der Waals surface area (Å²) in [7, 11) is 0. The van der Waals surface area contributed by atoms with E-state index in [0.29, 0.717) is 12.6 Å². The molecule has 6 heteroatoms. The maximum Gasteiger partial charge on any atom is 0.272 e. The normalized spacial score (nSPS) is 10.7. The standard InChI is InChI=1S/C12H17FN2O3/c1-9(2)14-6-3-7-18-12-5-4-10(15(16)17)8-11(12)13/h4-5,8-9,14H,3,6-7H2,1-2H3. The number of nitrogens with one attached hydrogen (secondary N) is 1. The van der Waals surface area contributed by atoms with Gasteiger partial charge in [-0.3, -0.25) is 10.1 Å². The fraction of sp³-hybridized carbons (Fsp3) is 0.500. The lowest BCUT2D eigenvalue weighted by molar-refractivity contribution is -0.385. The SMILES string of the molecule is CC(C)NCCCOc1ccc([N+](=O)[O-])cc1F. The summed E-state index contributed by atoms with van der Waals surface area (Å²) in [6.45, 7) is 5.23. The summed E-state index contributed by atoms with van der Waals surface area (Å²) < 4.78 is 18.6. The third kappa shape index (κ3) is 4.67. The monoisotopic (exact) mass is 256 g/mol. The van der Waals surface area contributed by atoms with Crippen LogP contribution in [0.4, 0.5) is 10.1 Å². The number of ether oxygens (including phenoxy) is 1. The lowest BCUT2D eigenvalue weighted by atomic mass is 10.3. The number of non-ortho nitro benzene ring substituents is 1. The van der Waals surface area contributed by atoms with Crippen molar-refractivity contribution in [2.24, 2.45) is 0 Å². The Morgan fingerprint density at radius 3 is 2.78 bits per heavy atom. The van der Waals surface area contributed by atoms with Crippen LogP contribution in [0.1, 0.15) is 20.3 Å². The smallest absolute Gasteiger partial charge is 0.272 e. The molecule has 1 aromatic carbocycles. The second-order valence-corrected chi connectivity index (χ2v) is 4.18. The number of halogens is 1. The molecule has 0 fully saturated rings. The fourth-order valence-corrected chi connectivity index (χ4v) is 1.37. The number of hydrogen-bond acceptors (Lipinski definition) is 4. The maximum absolute atomic E-state index is 13.4. The quantitative estimate of drug-likeness (QED) is 0.462. The number of hydrogen-bond donors (Lipinski definition) is 1. The van der Waals surface area contributed by atoms with Gasteiger partial charge in [-0.1, -0.05) is 13.8 Å². The summed E-state index contributed by atoms with van der Waals surface area (Å²) in [5.41, 5.74) is -0.277. The van der Waals surface area contributed by atoms with Crippen LogP contribution in [0, 0.1) is 15.9 Å². The van der Waals surface area contributed by atoms with Crippen molar-refractivity contribution in [1.82, 2.24) is 5.32 Å². The molecule has 1 rings (SSSR count). The lowest BCUT2D eigenvalue weighted by Crippen LogP contribution is -2.24. The first-order chi connectivity index (χ1) is 8.50. The summed E-state index contributed by atoms with van der Waals surface area (Å²) in [4.78, 5) is 9.78. The molecule has 0 atom stereocenters. The van der Waals surface area contributed by atoms with Crippen molar-refractivity contribution in [3.05, 3.63) is 34.1 Å². The molecule has 0 aliphatic heterocycles. The van der Waals surface area contributed by atoms with E-state index < -0.39 is 10.7 Å². The van der Waals surface area contributed by atoms with Crippen LogP contribution >= 0.6 is 0 Å². The Morgan fingerprint density at radius 1 is 1.50 bits per heavy atom. The molecule has 0 saturated carbocycles. The van der Waals surface area contributed by atoms with Crippen molar-refractivity contribution in [2.45, 2.75) is 26.3 Å². The molecule has 1 N–H and O–H groups in total. The van der Waals surface area contributed by atoms with Gasteiger partial charge in [0, 0.05) is 12.1 Å². The summed E-state index contributed by atoms with van der Waals surface area (Å²) in [6.07, 6.45) is 0.745. The second-order valence-electron chi connectivity index (χ2n) is 4.18. The highest BCUT2D eigenvalue weighted by molar-refractivity contribution is 5.37. The average molecular weight is 256 g/mol. The molecule has 0 radical (unpaired) electrons. The van der Waals surface area contributed by atoms with E-state index in [1.807, 2.05) is 13.8 Å². The molecule has 0 aliphatic carbocycles. The minimum absolute atomic E-state index is 0.0464. The van der Waals surface area contributed by atoms with E-state index in [-0.39, 0.29) is 11.4 Å². The first-order valence-electron chi connectivity index (χ1n) is 5.81. The van der Waals surface area contributed by atoms with Crippen molar-refractivity contribution >= 4 is 5.69 Å². The predicted molar refractivity (Wildman–Crippen MR) is 66.3 cm³/mol. The summed E-state index contributed by atoms with van der Waals surface area (Å²) in [6, 6.07) is 3.77. The Hall–Kier alpha value is -1.69. The Kier molecular flexibility index (Phi) is 5.51. The van der Waals surface area contributed by atoms with E-state index in [1.165, 1.54) is 12.1 Å². The third-order valence-corrected chi connectivity index (χ3v) is 2.26. The highest BCUT2D eigenvalue weighted by atomic mass is 19.1. The molecule has 1 aromatic rings. The van der Waals surface area contributed by atoms with Crippen molar-refractivity contribution in [1.29, 1.82) is 0 Å². The van der Waals surface area contributed by atoms with Crippen LogP contribution in [0.15, 0.2) is 18.2 Å². The number of nitrogens with zero attached hydrogens (tertiary/aromatic N) is 1. The van der Waals surface area contributed by atoms with E-state index in [4.69, 9.17) is 4.74 Å². The predicted octanol–water partition coefficient (Wildman–Crippen LogP) is 2.50. The number of benzene rings is 1. The van der Waals surface area contributed by atoms with Gasteiger partial charge in [0.2, 0.25) is 0 Å². The summed E-state index contributed by atoms with van der Waals surface area (Å²) >= 11 is 0. The van der Waals surface area contributed by atoms with E-state index in [2.05, 4.69) is 5.32 Å². The van der Waals surface area contributed by atoms with Gasteiger partial charge >= 0.3 is 0 Å². The van der Waals surface area contributed by atoms with Gasteiger partial charge in [-0.05, 0) is 19.0 Å². The zero-order chi connectivity index (χ0) is 13.5. The topological polar surface area (TPSA) is 64.4 Å². The molecule has 0 amide bonds.